The van der Waals surface area contributed by atoms with Gasteiger partial charge in [0.15, 0.2) is 0 Å². The van der Waals surface area contributed by atoms with Crippen molar-refractivity contribution in [3.05, 3.63) is 47.5 Å². The standard InChI is InChI=1S/C47H72N2O7/c1-29(2)31(5)42(7)22-23-44(9)34-18-19-37-43(8)26-53-28-47(37,35(34)20-21-45(44,10)38(42)40(48)51)24-36(56-32(6)50)39(43)55-27-46(11,30(3)4)49(12)41(52)54-25-33-16-14-13-15-17-33/h13-17,20,29-31,34,36-39H,18-19,21-28H2,1-12H3,(H2,48,51)/t31-,34+,36-,37+,38-,39+,42-,43-,44-,45+,46-,47+/m1/s1. The molecule has 312 valence electrons. The third-order valence-corrected chi connectivity index (χ3v) is 17.5. The minimum absolute atomic E-state index is 0.0324. The van der Waals surface area contributed by atoms with Crippen LogP contribution in [0.3, 0.4) is 0 Å². The third-order valence-electron chi connectivity index (χ3n) is 17.5. The van der Waals surface area contributed by atoms with E-state index in [4.69, 9.17) is 24.7 Å². The van der Waals surface area contributed by atoms with Crippen molar-refractivity contribution in [2.24, 2.45) is 68.3 Å². The Hall–Kier alpha value is -2.91. The summed E-state index contributed by atoms with van der Waals surface area (Å²) in [5.74, 6) is 0.607. The maximum absolute atomic E-state index is 13.7. The van der Waals surface area contributed by atoms with Crippen LogP contribution < -0.4 is 5.73 Å². The number of esters is 1. The van der Waals surface area contributed by atoms with E-state index in [1.807, 2.05) is 37.3 Å². The van der Waals surface area contributed by atoms with Crippen LogP contribution in [0.4, 0.5) is 4.79 Å². The topological polar surface area (TPSA) is 117 Å². The highest BCUT2D eigenvalue weighted by Gasteiger charge is 2.72. The number of primary amides is 1. The van der Waals surface area contributed by atoms with Crippen LogP contribution in [0.25, 0.3) is 0 Å². The van der Waals surface area contributed by atoms with Gasteiger partial charge in [-0.15, -0.1) is 0 Å². The molecular formula is C47H72N2O7. The summed E-state index contributed by atoms with van der Waals surface area (Å²) in [4.78, 5) is 41.8. The zero-order valence-corrected chi connectivity index (χ0v) is 36.5. The quantitative estimate of drug-likeness (QED) is 0.176. The number of carbonyl (C=O) groups excluding carboxylic acids is 3. The van der Waals surface area contributed by atoms with Crippen molar-refractivity contribution >= 4 is 18.0 Å². The monoisotopic (exact) mass is 777 g/mol. The maximum atomic E-state index is 13.7. The lowest BCUT2D eigenvalue weighted by atomic mass is 9.34. The van der Waals surface area contributed by atoms with E-state index in [0.29, 0.717) is 31.5 Å². The molecule has 9 heteroatoms. The Kier molecular flexibility index (Phi) is 11.5. The highest BCUT2D eigenvalue weighted by Crippen LogP contribution is 2.75. The van der Waals surface area contributed by atoms with Crippen LogP contribution in [0.1, 0.15) is 120 Å². The van der Waals surface area contributed by atoms with E-state index in [9.17, 15) is 14.4 Å². The normalized spacial score (nSPS) is 39.2. The zero-order valence-electron chi connectivity index (χ0n) is 36.5. The number of nitrogens with zero attached hydrogens (tertiary/aromatic N) is 1. The van der Waals surface area contributed by atoms with Crippen LogP contribution in [0.15, 0.2) is 42.0 Å². The first-order valence-corrected chi connectivity index (χ1v) is 21.4. The molecule has 0 radical (unpaired) electrons. The van der Waals surface area contributed by atoms with E-state index < -0.39 is 29.3 Å². The summed E-state index contributed by atoms with van der Waals surface area (Å²) in [6, 6.07) is 9.68. The number of nitrogens with two attached hydrogens (primary N) is 1. The smallest absolute Gasteiger partial charge is 0.410 e. The fourth-order valence-corrected chi connectivity index (χ4v) is 13.2. The third kappa shape index (κ3) is 6.53. The summed E-state index contributed by atoms with van der Waals surface area (Å²) in [6.07, 6.45) is 6.55. The molecule has 1 aliphatic heterocycles. The molecule has 4 fully saturated rings. The molecular weight excluding hydrogens is 705 g/mol. The van der Waals surface area contributed by atoms with Gasteiger partial charge >= 0.3 is 12.1 Å². The van der Waals surface area contributed by atoms with Crippen molar-refractivity contribution < 1.29 is 33.3 Å². The average molecular weight is 777 g/mol. The lowest BCUT2D eigenvalue weighted by Crippen LogP contribution is -2.70. The highest BCUT2D eigenvalue weighted by atomic mass is 16.6. The van der Waals surface area contributed by atoms with Crippen LogP contribution in [-0.2, 0) is 35.1 Å². The molecule has 9 nitrogen and oxygen atoms in total. The second kappa shape index (κ2) is 15.0. The molecule has 4 aliphatic carbocycles. The Balaban J connectivity index is 1.32. The molecule has 1 heterocycles. The lowest BCUT2D eigenvalue weighted by Gasteiger charge is -2.71. The molecule has 5 aliphatic rings. The molecule has 0 spiro atoms. The average Bonchev–Trinajstić information content (AvgIpc) is 3.13. The zero-order chi connectivity index (χ0) is 41.2. The molecule has 1 saturated heterocycles. The summed E-state index contributed by atoms with van der Waals surface area (Å²) in [6.45, 7) is 25.5. The fraction of sp³-hybridized carbons (Fsp3) is 0.766. The van der Waals surface area contributed by atoms with Gasteiger partial charge in [-0.05, 0) is 96.8 Å². The van der Waals surface area contributed by atoms with Gasteiger partial charge in [0.2, 0.25) is 5.91 Å². The van der Waals surface area contributed by atoms with Crippen molar-refractivity contribution in [1.82, 2.24) is 4.90 Å². The fourth-order valence-electron chi connectivity index (χ4n) is 13.2. The molecule has 0 unspecified atom stereocenters. The van der Waals surface area contributed by atoms with Crippen molar-refractivity contribution in [2.75, 3.05) is 26.9 Å². The van der Waals surface area contributed by atoms with Gasteiger partial charge in [-0.1, -0.05) is 104 Å². The Morgan fingerprint density at radius 1 is 0.982 bits per heavy atom. The molecule has 1 aromatic carbocycles. The van der Waals surface area contributed by atoms with Crippen LogP contribution in [0.2, 0.25) is 0 Å². The van der Waals surface area contributed by atoms with Crippen molar-refractivity contribution in [3.63, 3.8) is 0 Å². The summed E-state index contributed by atoms with van der Waals surface area (Å²) in [7, 11) is 1.78. The number of allylic oxidation sites excluding steroid dienone is 1. The minimum Gasteiger partial charge on any atom is -0.460 e. The van der Waals surface area contributed by atoms with E-state index >= 15 is 0 Å². The Morgan fingerprint density at radius 2 is 1.66 bits per heavy atom. The number of benzene rings is 1. The van der Waals surface area contributed by atoms with Gasteiger partial charge in [-0.2, -0.15) is 0 Å². The van der Waals surface area contributed by atoms with Gasteiger partial charge in [-0.3, -0.25) is 9.59 Å². The number of fused-ring (bicyclic) bond motifs is 3. The number of ether oxygens (including phenoxy) is 4. The van der Waals surface area contributed by atoms with E-state index in [1.54, 1.807) is 11.9 Å². The maximum Gasteiger partial charge on any atom is 0.410 e. The summed E-state index contributed by atoms with van der Waals surface area (Å²) < 4.78 is 25.9. The number of rotatable bonds is 11. The molecule has 56 heavy (non-hydrogen) atoms. The molecule has 2 N–H and O–H groups in total. The van der Waals surface area contributed by atoms with Gasteiger partial charge in [0.05, 0.1) is 25.4 Å². The van der Waals surface area contributed by atoms with Crippen LogP contribution in [0, 0.1) is 62.6 Å². The number of hydrogen-bond donors (Lipinski definition) is 1. The molecule has 6 rings (SSSR count). The number of hydrogen-bond acceptors (Lipinski definition) is 7. The predicted octanol–water partition coefficient (Wildman–Crippen LogP) is 8.98. The van der Waals surface area contributed by atoms with Crippen LogP contribution in [0.5, 0.6) is 0 Å². The van der Waals surface area contributed by atoms with Gasteiger partial charge < -0.3 is 29.6 Å². The molecule has 0 aromatic heterocycles. The second-order valence-electron chi connectivity index (χ2n) is 20.6. The first kappa shape index (κ1) is 42.7. The van der Waals surface area contributed by atoms with Crippen molar-refractivity contribution in [3.8, 4) is 0 Å². The molecule has 3 saturated carbocycles. The summed E-state index contributed by atoms with van der Waals surface area (Å²) in [5, 5.41) is 0. The van der Waals surface area contributed by atoms with Gasteiger partial charge in [0, 0.05) is 30.7 Å². The molecule has 2 bridgehead atoms. The number of carbonyl (C=O) groups is 3. The van der Waals surface area contributed by atoms with E-state index in [2.05, 4.69) is 68.4 Å². The van der Waals surface area contributed by atoms with Crippen molar-refractivity contribution in [2.45, 2.75) is 139 Å². The van der Waals surface area contributed by atoms with Gasteiger partial charge in [-0.25, -0.2) is 4.79 Å². The molecule has 1 aromatic rings. The Morgan fingerprint density at radius 3 is 2.27 bits per heavy atom. The first-order chi connectivity index (χ1) is 26.1. The van der Waals surface area contributed by atoms with Crippen LogP contribution in [-0.4, -0.2) is 67.5 Å². The second-order valence-corrected chi connectivity index (χ2v) is 20.6. The van der Waals surface area contributed by atoms with E-state index in [1.165, 1.54) is 12.5 Å². The summed E-state index contributed by atoms with van der Waals surface area (Å²) >= 11 is 0. The Bertz CT molecular complexity index is 1680. The Labute approximate surface area is 337 Å². The van der Waals surface area contributed by atoms with Crippen molar-refractivity contribution in [1.29, 1.82) is 0 Å². The van der Waals surface area contributed by atoms with Gasteiger partial charge in [0.1, 0.15) is 18.8 Å². The van der Waals surface area contributed by atoms with E-state index in [0.717, 1.165) is 37.7 Å². The van der Waals surface area contributed by atoms with Crippen LogP contribution >= 0.6 is 0 Å². The predicted molar refractivity (Wildman–Crippen MR) is 218 cm³/mol. The minimum atomic E-state index is -0.711. The first-order valence-electron chi connectivity index (χ1n) is 21.4. The highest BCUT2D eigenvalue weighted by molar-refractivity contribution is 5.79. The molecule has 2 amide bonds. The summed E-state index contributed by atoms with van der Waals surface area (Å²) in [5.41, 5.74) is 6.72. The van der Waals surface area contributed by atoms with Gasteiger partial charge in [0.25, 0.3) is 0 Å². The van der Waals surface area contributed by atoms with E-state index in [-0.39, 0.29) is 70.4 Å². The number of amides is 2. The SMILES string of the molecule is CC(=O)O[C@@H]1C[C@@]23COC[C@](C)([C@@H]2CC[C@H]2C3=CC[C@@]3(C)[C@H](C(N)=O)[C@@](C)([C@H](C)C(C)C)CC[C@]23C)[C@H]1OC[C@](C)(C(C)C)N(C)C(=O)OCc1ccccc1. The largest absolute Gasteiger partial charge is 0.460 e. The molecule has 12 atom stereocenters. The number of likely N-dealkylation sites (N-methyl/N-ethyl adjacent to an activating group) is 1. The lowest BCUT2D eigenvalue weighted by molar-refractivity contribution is -0.270.